The van der Waals surface area contributed by atoms with Crippen LogP contribution < -0.4 is 15.4 Å². The Morgan fingerprint density at radius 2 is 1.62 bits per heavy atom. The zero-order valence-corrected chi connectivity index (χ0v) is 13.4. The van der Waals surface area contributed by atoms with E-state index in [1.54, 1.807) is 0 Å². The van der Waals surface area contributed by atoms with Gasteiger partial charge in [0.2, 0.25) is 11.9 Å². The van der Waals surface area contributed by atoms with Gasteiger partial charge in [0.25, 0.3) is 0 Å². The molecule has 7 nitrogen and oxygen atoms in total. The first kappa shape index (κ1) is 17.4. The van der Waals surface area contributed by atoms with E-state index in [9.17, 15) is 5.11 Å². The van der Waals surface area contributed by atoms with E-state index in [-0.39, 0.29) is 12.0 Å². The summed E-state index contributed by atoms with van der Waals surface area (Å²) in [5.74, 6) is 0.949. The lowest BCUT2D eigenvalue weighted by molar-refractivity contribution is 0.127. The van der Waals surface area contributed by atoms with Crippen molar-refractivity contribution in [3.8, 4) is 6.01 Å². The minimum atomic E-state index is -0.156. The van der Waals surface area contributed by atoms with Crippen molar-refractivity contribution >= 4 is 11.9 Å². The summed E-state index contributed by atoms with van der Waals surface area (Å²) in [7, 11) is 0. The molecule has 0 amide bonds. The summed E-state index contributed by atoms with van der Waals surface area (Å²) in [6.45, 7) is 9.97. The molecule has 0 aromatic carbocycles. The number of nitrogens with one attached hydrogen (secondary N) is 2. The van der Waals surface area contributed by atoms with Crippen molar-refractivity contribution in [2.75, 3.05) is 36.9 Å². The van der Waals surface area contributed by atoms with Crippen LogP contribution >= 0.6 is 0 Å². The molecule has 0 bridgehead atoms. The molecule has 1 aromatic rings. The van der Waals surface area contributed by atoms with Crippen LogP contribution in [0.3, 0.4) is 0 Å². The molecule has 1 aromatic heterocycles. The standard InChI is InChI=1S/C14H27N5O2/c1-5-14(6-2,10-20)9-16-12-17-11(15-7-3)18-13(19-12)21-8-4/h20H,5-10H2,1-4H3,(H2,15,16,17,18,19). The summed E-state index contributed by atoms with van der Waals surface area (Å²) in [6.07, 6.45) is 1.77. The maximum atomic E-state index is 9.60. The number of rotatable bonds is 10. The average Bonchev–Trinajstić information content (AvgIpc) is 2.50. The van der Waals surface area contributed by atoms with Crippen LogP contribution in [-0.2, 0) is 0 Å². The molecule has 0 aliphatic heterocycles. The molecule has 3 N–H and O–H groups in total. The van der Waals surface area contributed by atoms with Crippen LogP contribution in [0.5, 0.6) is 6.01 Å². The van der Waals surface area contributed by atoms with Gasteiger partial charge >= 0.3 is 6.01 Å². The van der Waals surface area contributed by atoms with Crippen molar-refractivity contribution in [1.82, 2.24) is 15.0 Å². The lowest BCUT2D eigenvalue weighted by Gasteiger charge is -2.29. The predicted molar refractivity (Wildman–Crippen MR) is 83.8 cm³/mol. The summed E-state index contributed by atoms with van der Waals surface area (Å²) >= 11 is 0. The van der Waals surface area contributed by atoms with Crippen LogP contribution in [-0.4, -0.2) is 46.4 Å². The summed E-state index contributed by atoms with van der Waals surface area (Å²) in [5, 5.41) is 15.8. The Balaban J connectivity index is 2.85. The Labute approximate surface area is 126 Å². The van der Waals surface area contributed by atoms with Crippen LogP contribution in [0.1, 0.15) is 40.5 Å². The molecule has 1 heterocycles. The van der Waals surface area contributed by atoms with E-state index in [1.807, 2.05) is 13.8 Å². The number of aromatic nitrogens is 3. The maximum Gasteiger partial charge on any atom is 0.323 e. The van der Waals surface area contributed by atoms with Gasteiger partial charge in [0.05, 0.1) is 13.2 Å². The molecule has 120 valence electrons. The molecule has 0 unspecified atom stereocenters. The molecular weight excluding hydrogens is 270 g/mol. The van der Waals surface area contributed by atoms with Crippen LogP contribution in [0.15, 0.2) is 0 Å². The van der Waals surface area contributed by atoms with Crippen LogP contribution in [0, 0.1) is 5.41 Å². The monoisotopic (exact) mass is 297 g/mol. The SMILES string of the molecule is CCNc1nc(NCC(CC)(CC)CO)nc(OCC)n1. The van der Waals surface area contributed by atoms with Gasteiger partial charge in [-0.3, -0.25) is 0 Å². The van der Waals surface area contributed by atoms with Crippen LogP contribution in [0.25, 0.3) is 0 Å². The highest BCUT2D eigenvalue weighted by Crippen LogP contribution is 2.25. The van der Waals surface area contributed by atoms with Gasteiger partial charge in [-0.2, -0.15) is 15.0 Å². The Morgan fingerprint density at radius 3 is 2.10 bits per heavy atom. The number of ether oxygens (including phenoxy) is 1. The van der Waals surface area contributed by atoms with Gasteiger partial charge < -0.3 is 20.5 Å². The van der Waals surface area contributed by atoms with Crippen LogP contribution in [0.4, 0.5) is 11.9 Å². The third-order valence-corrected chi connectivity index (χ3v) is 3.68. The minimum Gasteiger partial charge on any atom is -0.464 e. The highest BCUT2D eigenvalue weighted by Gasteiger charge is 2.25. The number of hydrogen-bond donors (Lipinski definition) is 3. The van der Waals surface area contributed by atoms with E-state index in [2.05, 4.69) is 39.4 Å². The fourth-order valence-corrected chi connectivity index (χ4v) is 1.91. The summed E-state index contributed by atoms with van der Waals surface area (Å²) in [5.41, 5.74) is -0.156. The van der Waals surface area contributed by atoms with E-state index in [4.69, 9.17) is 4.74 Å². The van der Waals surface area contributed by atoms with E-state index in [1.165, 1.54) is 0 Å². The van der Waals surface area contributed by atoms with Gasteiger partial charge in [-0.1, -0.05) is 13.8 Å². The second kappa shape index (κ2) is 8.61. The lowest BCUT2D eigenvalue weighted by Crippen LogP contribution is -2.32. The van der Waals surface area contributed by atoms with Crippen molar-refractivity contribution in [2.24, 2.45) is 5.41 Å². The first-order chi connectivity index (χ1) is 10.1. The average molecular weight is 297 g/mol. The van der Waals surface area contributed by atoms with Crippen molar-refractivity contribution in [1.29, 1.82) is 0 Å². The van der Waals surface area contributed by atoms with E-state index in [0.717, 1.165) is 19.4 Å². The topological polar surface area (TPSA) is 92.2 Å². The number of aliphatic hydroxyl groups excluding tert-OH is 1. The molecule has 0 atom stereocenters. The number of aliphatic hydroxyl groups is 1. The quantitative estimate of drug-likeness (QED) is 0.607. The van der Waals surface area contributed by atoms with Gasteiger partial charge in [-0.05, 0) is 26.7 Å². The van der Waals surface area contributed by atoms with Gasteiger partial charge in [-0.15, -0.1) is 0 Å². The smallest absolute Gasteiger partial charge is 0.323 e. The molecule has 7 heteroatoms. The Kier molecular flexibility index (Phi) is 7.14. The highest BCUT2D eigenvalue weighted by atomic mass is 16.5. The molecule has 21 heavy (non-hydrogen) atoms. The molecular formula is C14H27N5O2. The molecule has 0 saturated carbocycles. The maximum absolute atomic E-state index is 9.60. The van der Waals surface area contributed by atoms with Gasteiger partial charge in [0.15, 0.2) is 0 Å². The van der Waals surface area contributed by atoms with Crippen molar-refractivity contribution in [3.05, 3.63) is 0 Å². The van der Waals surface area contributed by atoms with E-state index < -0.39 is 0 Å². The Hall–Kier alpha value is -1.63. The zero-order chi connectivity index (χ0) is 15.7. The van der Waals surface area contributed by atoms with E-state index >= 15 is 0 Å². The molecule has 0 spiro atoms. The number of anilines is 2. The Bertz CT molecular complexity index is 391. The highest BCUT2D eigenvalue weighted by molar-refractivity contribution is 5.36. The van der Waals surface area contributed by atoms with Crippen molar-refractivity contribution in [2.45, 2.75) is 40.5 Å². The summed E-state index contributed by atoms with van der Waals surface area (Å²) in [4.78, 5) is 12.7. The van der Waals surface area contributed by atoms with Crippen molar-refractivity contribution in [3.63, 3.8) is 0 Å². The third-order valence-electron chi connectivity index (χ3n) is 3.68. The van der Waals surface area contributed by atoms with Gasteiger partial charge in [0.1, 0.15) is 0 Å². The van der Waals surface area contributed by atoms with E-state index in [0.29, 0.717) is 31.1 Å². The number of hydrogen-bond acceptors (Lipinski definition) is 7. The molecule has 1 rings (SSSR count). The van der Waals surface area contributed by atoms with Gasteiger partial charge in [-0.25, -0.2) is 0 Å². The summed E-state index contributed by atoms with van der Waals surface area (Å²) in [6, 6.07) is 0.300. The second-order valence-electron chi connectivity index (χ2n) is 4.95. The minimum absolute atomic E-state index is 0.135. The Morgan fingerprint density at radius 1 is 1.00 bits per heavy atom. The molecule has 0 fully saturated rings. The first-order valence-corrected chi connectivity index (χ1v) is 7.60. The molecule has 0 aliphatic rings. The summed E-state index contributed by atoms with van der Waals surface area (Å²) < 4.78 is 5.35. The predicted octanol–water partition coefficient (Wildman–Crippen LogP) is 1.91. The fraction of sp³-hybridized carbons (Fsp3) is 0.786. The van der Waals surface area contributed by atoms with Gasteiger partial charge in [0, 0.05) is 18.5 Å². The fourth-order valence-electron chi connectivity index (χ4n) is 1.91. The second-order valence-corrected chi connectivity index (χ2v) is 4.95. The van der Waals surface area contributed by atoms with Crippen LogP contribution in [0.2, 0.25) is 0 Å². The largest absolute Gasteiger partial charge is 0.464 e. The van der Waals surface area contributed by atoms with Crippen molar-refractivity contribution < 1.29 is 9.84 Å². The molecule has 0 radical (unpaired) electrons. The third kappa shape index (κ3) is 5.00. The number of nitrogens with zero attached hydrogens (tertiary/aromatic N) is 3. The zero-order valence-electron chi connectivity index (χ0n) is 13.4. The molecule has 0 aliphatic carbocycles. The first-order valence-electron chi connectivity index (χ1n) is 7.60. The lowest BCUT2D eigenvalue weighted by atomic mass is 9.83. The normalized spacial score (nSPS) is 11.3. The molecule has 0 saturated heterocycles.